The SMILES string of the molecule is C1=CC=Cc2c(c3c(-c4cccc(-c5ccccc5N(c5ccc6c(ccc7ccccc76)c5)c5cc6ccccc6c6ccccc56)c4)cccc3n2-c2ccccc2)C=1. The molecule has 0 saturated carbocycles. The minimum Gasteiger partial charge on any atom is -0.309 e. The lowest BCUT2D eigenvalue weighted by Gasteiger charge is -2.30. The maximum atomic E-state index is 3.42. The van der Waals surface area contributed by atoms with Crippen molar-refractivity contribution < 1.29 is 0 Å². The molecule has 2 nitrogen and oxygen atoms in total. The van der Waals surface area contributed by atoms with E-state index in [2.05, 4.69) is 240 Å². The number of rotatable bonds is 6. The second-order valence-corrected chi connectivity index (χ2v) is 15.8. The van der Waals surface area contributed by atoms with Crippen molar-refractivity contribution in [1.29, 1.82) is 0 Å². The van der Waals surface area contributed by atoms with Gasteiger partial charge < -0.3 is 9.47 Å². The summed E-state index contributed by atoms with van der Waals surface area (Å²) >= 11 is 0. The van der Waals surface area contributed by atoms with E-state index in [0.29, 0.717) is 0 Å². The molecule has 1 heterocycles. The van der Waals surface area contributed by atoms with E-state index in [4.69, 9.17) is 0 Å². The zero-order valence-corrected chi connectivity index (χ0v) is 33.3. The smallest absolute Gasteiger partial charge is 0.0547 e. The molecular formula is C59H38N2. The summed E-state index contributed by atoms with van der Waals surface area (Å²) < 4.78 is 2.37. The Balaban J connectivity index is 1.09. The second-order valence-electron chi connectivity index (χ2n) is 15.8. The molecule has 0 unspecified atom stereocenters. The molecule has 0 amide bonds. The lowest BCUT2D eigenvalue weighted by atomic mass is 9.93. The van der Waals surface area contributed by atoms with Gasteiger partial charge in [-0.05, 0) is 121 Å². The van der Waals surface area contributed by atoms with Crippen LogP contribution in [-0.2, 0) is 0 Å². The van der Waals surface area contributed by atoms with E-state index in [-0.39, 0.29) is 0 Å². The van der Waals surface area contributed by atoms with E-state index >= 15 is 0 Å². The molecule has 1 aliphatic rings. The molecule has 0 atom stereocenters. The molecule has 0 fully saturated rings. The number of hydrogen-bond donors (Lipinski definition) is 0. The van der Waals surface area contributed by atoms with Crippen LogP contribution in [0.25, 0.3) is 94.1 Å². The topological polar surface area (TPSA) is 8.17 Å². The van der Waals surface area contributed by atoms with Crippen molar-refractivity contribution in [3.63, 3.8) is 0 Å². The van der Waals surface area contributed by atoms with Crippen molar-refractivity contribution in [1.82, 2.24) is 4.57 Å². The van der Waals surface area contributed by atoms with Crippen molar-refractivity contribution >= 4 is 83.2 Å². The monoisotopic (exact) mass is 774 g/mol. The molecule has 1 aromatic heterocycles. The highest BCUT2D eigenvalue weighted by molar-refractivity contribution is 6.16. The van der Waals surface area contributed by atoms with Gasteiger partial charge in [-0.25, -0.2) is 0 Å². The van der Waals surface area contributed by atoms with E-state index in [1.807, 2.05) is 6.08 Å². The number of benzene rings is 10. The number of fused-ring (bicyclic) bond motifs is 9. The first-order valence-corrected chi connectivity index (χ1v) is 20.9. The number of anilines is 3. The molecule has 10 aromatic carbocycles. The van der Waals surface area contributed by atoms with Crippen LogP contribution in [-0.4, -0.2) is 4.57 Å². The van der Waals surface area contributed by atoms with Crippen LogP contribution in [0.15, 0.2) is 224 Å². The van der Waals surface area contributed by atoms with E-state index < -0.39 is 0 Å². The van der Waals surface area contributed by atoms with Crippen LogP contribution in [0, 0.1) is 0 Å². The molecule has 0 radical (unpaired) electrons. The highest BCUT2D eigenvalue weighted by atomic mass is 15.1. The van der Waals surface area contributed by atoms with Gasteiger partial charge in [0, 0.05) is 33.3 Å². The normalized spacial score (nSPS) is 12.1. The molecule has 11 aromatic rings. The second kappa shape index (κ2) is 14.3. The lowest BCUT2D eigenvalue weighted by Crippen LogP contribution is -2.12. The van der Waals surface area contributed by atoms with Gasteiger partial charge in [-0.1, -0.05) is 164 Å². The van der Waals surface area contributed by atoms with Gasteiger partial charge in [0.2, 0.25) is 0 Å². The predicted octanol–water partition coefficient (Wildman–Crippen LogP) is 16.2. The van der Waals surface area contributed by atoms with Crippen molar-refractivity contribution in [2.75, 3.05) is 4.90 Å². The van der Waals surface area contributed by atoms with Gasteiger partial charge in [-0.2, -0.15) is 0 Å². The van der Waals surface area contributed by atoms with E-state index in [1.165, 1.54) is 65.1 Å². The van der Waals surface area contributed by atoms with Crippen molar-refractivity contribution in [2.45, 2.75) is 0 Å². The van der Waals surface area contributed by atoms with Crippen LogP contribution in [0.3, 0.4) is 0 Å². The summed E-state index contributed by atoms with van der Waals surface area (Å²) in [5, 5.41) is 11.1. The van der Waals surface area contributed by atoms with Crippen LogP contribution in [0.5, 0.6) is 0 Å². The zero-order valence-electron chi connectivity index (χ0n) is 33.3. The quantitative estimate of drug-likeness (QED) is 0.121. The van der Waals surface area contributed by atoms with Crippen molar-refractivity contribution in [2.24, 2.45) is 0 Å². The van der Waals surface area contributed by atoms with Crippen LogP contribution in [0.4, 0.5) is 17.1 Å². The number of aromatic nitrogens is 1. The van der Waals surface area contributed by atoms with Gasteiger partial charge in [0.1, 0.15) is 0 Å². The third-order valence-electron chi connectivity index (χ3n) is 12.4. The third-order valence-corrected chi connectivity index (χ3v) is 12.4. The average molecular weight is 775 g/mol. The molecule has 2 heteroatoms. The Bertz CT molecular complexity index is 3630. The Hall–Kier alpha value is -8.16. The molecule has 0 N–H and O–H groups in total. The Labute approximate surface area is 354 Å². The summed E-state index contributed by atoms with van der Waals surface area (Å²) in [6.45, 7) is 0. The third kappa shape index (κ3) is 5.74. The summed E-state index contributed by atoms with van der Waals surface area (Å²) in [6.07, 6.45) is 8.41. The summed E-state index contributed by atoms with van der Waals surface area (Å²) in [6, 6.07) is 75.4. The molecular weight excluding hydrogens is 737 g/mol. The van der Waals surface area contributed by atoms with Crippen molar-refractivity contribution in [3.8, 4) is 27.9 Å². The molecule has 61 heavy (non-hydrogen) atoms. The van der Waals surface area contributed by atoms with Gasteiger partial charge in [-0.15, -0.1) is 5.73 Å². The number of hydrogen-bond acceptors (Lipinski definition) is 1. The predicted molar refractivity (Wildman–Crippen MR) is 260 cm³/mol. The molecule has 0 spiro atoms. The number of nitrogens with zero attached hydrogens (tertiary/aromatic N) is 2. The largest absolute Gasteiger partial charge is 0.309 e. The molecule has 12 rings (SSSR count). The summed E-state index contributed by atoms with van der Waals surface area (Å²) in [7, 11) is 0. The Kier molecular flexibility index (Phi) is 8.16. The Morgan fingerprint density at radius 2 is 1.07 bits per heavy atom. The standard InChI is InChI=1S/C59H38N2/c1-3-21-45(22-4-1)60-56-30-6-2-5-28-54(56)59-51(29-16-32-57(59)60)42-20-15-19-41(37-42)50-25-13-14-31-55(50)61(46-35-36-49-44(38-46)34-33-40-17-7-9-23-47(40)49)58-39-43-18-8-10-24-48(43)52-26-11-12-27-53(52)58/h1-4,6-39H. The summed E-state index contributed by atoms with van der Waals surface area (Å²) in [4.78, 5) is 2.48. The summed E-state index contributed by atoms with van der Waals surface area (Å²) in [5.41, 5.74) is 16.1. The Morgan fingerprint density at radius 3 is 1.93 bits per heavy atom. The summed E-state index contributed by atoms with van der Waals surface area (Å²) in [5.74, 6) is 0. The van der Waals surface area contributed by atoms with Crippen LogP contribution < -0.4 is 4.90 Å². The molecule has 0 bridgehead atoms. The first kappa shape index (κ1) is 34.8. The van der Waals surface area contributed by atoms with Gasteiger partial charge in [-0.3, -0.25) is 0 Å². The van der Waals surface area contributed by atoms with Gasteiger partial charge in [0.15, 0.2) is 0 Å². The van der Waals surface area contributed by atoms with E-state index in [1.54, 1.807) is 0 Å². The van der Waals surface area contributed by atoms with Crippen molar-refractivity contribution in [3.05, 3.63) is 235 Å². The minimum absolute atomic E-state index is 1.11. The highest BCUT2D eigenvalue weighted by Gasteiger charge is 2.23. The number of allylic oxidation sites excluding steroid dienone is 2. The number of para-hydroxylation sites is 2. The molecule has 0 aliphatic heterocycles. The van der Waals surface area contributed by atoms with Gasteiger partial charge >= 0.3 is 0 Å². The van der Waals surface area contributed by atoms with Gasteiger partial charge in [0.05, 0.1) is 22.6 Å². The molecule has 0 saturated heterocycles. The molecule has 284 valence electrons. The zero-order chi connectivity index (χ0) is 40.3. The maximum Gasteiger partial charge on any atom is 0.0547 e. The van der Waals surface area contributed by atoms with E-state index in [9.17, 15) is 0 Å². The van der Waals surface area contributed by atoms with Crippen LogP contribution >= 0.6 is 0 Å². The first-order chi connectivity index (χ1) is 30.3. The van der Waals surface area contributed by atoms with Crippen LogP contribution in [0.2, 0.25) is 0 Å². The highest BCUT2D eigenvalue weighted by Crippen LogP contribution is 2.47. The fourth-order valence-corrected chi connectivity index (χ4v) is 9.65. The Morgan fingerprint density at radius 1 is 0.426 bits per heavy atom. The fraction of sp³-hybridized carbons (Fsp3) is 0. The van der Waals surface area contributed by atoms with E-state index in [0.717, 1.165) is 45.1 Å². The lowest BCUT2D eigenvalue weighted by molar-refractivity contribution is 1.11. The first-order valence-electron chi connectivity index (χ1n) is 20.9. The fourth-order valence-electron chi connectivity index (χ4n) is 9.65. The maximum absolute atomic E-state index is 3.42. The minimum atomic E-state index is 1.11. The van der Waals surface area contributed by atoms with Crippen LogP contribution in [0.1, 0.15) is 11.3 Å². The van der Waals surface area contributed by atoms with Gasteiger partial charge in [0.25, 0.3) is 0 Å². The molecule has 1 aliphatic carbocycles. The average Bonchev–Trinajstić information content (AvgIpc) is 3.45.